The van der Waals surface area contributed by atoms with Crippen LogP contribution in [0.2, 0.25) is 0 Å². The van der Waals surface area contributed by atoms with E-state index in [-0.39, 0.29) is 12.4 Å². The van der Waals surface area contributed by atoms with Crippen LogP contribution in [0.15, 0.2) is 65.9 Å². The highest BCUT2D eigenvalue weighted by Gasteiger charge is 2.15. The van der Waals surface area contributed by atoms with Crippen LogP contribution in [0.5, 0.6) is 5.75 Å². The van der Waals surface area contributed by atoms with Gasteiger partial charge in [-0.05, 0) is 69.6 Å². The molecule has 0 saturated carbocycles. The summed E-state index contributed by atoms with van der Waals surface area (Å²) in [5.74, 6) is 6.62. The number of fused-ring (bicyclic) bond motifs is 1. The molecule has 2 aromatic heterocycles. The molecule has 0 amide bonds. The monoisotopic (exact) mass is 570 g/mol. The first kappa shape index (κ1) is 30.8. The minimum atomic E-state index is -0.191. The number of aliphatic hydroxyl groups is 1. The maximum Gasteiger partial charge on any atom is 0.204 e. The maximum absolute atomic E-state index is 10.5. The van der Waals surface area contributed by atoms with Crippen LogP contribution in [0.4, 0.5) is 5.95 Å². The third-order valence-corrected chi connectivity index (χ3v) is 7.10. The zero-order chi connectivity index (χ0) is 29.7. The lowest BCUT2D eigenvalue weighted by molar-refractivity contribution is 0.0378. The van der Waals surface area contributed by atoms with Crippen LogP contribution >= 0.6 is 0 Å². The Morgan fingerprint density at radius 3 is 2.76 bits per heavy atom. The van der Waals surface area contributed by atoms with Gasteiger partial charge in [0.1, 0.15) is 18.1 Å². The predicted molar refractivity (Wildman–Crippen MR) is 168 cm³/mol. The first-order valence-corrected chi connectivity index (χ1v) is 14.5. The fourth-order valence-electron chi connectivity index (χ4n) is 4.63. The van der Waals surface area contributed by atoms with Crippen molar-refractivity contribution in [2.75, 3.05) is 51.3 Å². The van der Waals surface area contributed by atoms with Gasteiger partial charge in [0.15, 0.2) is 0 Å². The van der Waals surface area contributed by atoms with Gasteiger partial charge in [0, 0.05) is 43.6 Å². The van der Waals surface area contributed by atoms with Crippen molar-refractivity contribution in [1.29, 1.82) is 0 Å². The third-order valence-electron chi connectivity index (χ3n) is 7.10. The highest BCUT2D eigenvalue weighted by Crippen LogP contribution is 2.25. The number of allylic oxidation sites excluding steroid dienone is 5. The van der Waals surface area contributed by atoms with Crippen molar-refractivity contribution >= 4 is 17.0 Å². The summed E-state index contributed by atoms with van der Waals surface area (Å²) in [5.41, 5.74) is 6.27. The Bertz CT molecular complexity index is 1490. The summed E-state index contributed by atoms with van der Waals surface area (Å²) in [5, 5.41) is 26.6. The number of aromatic hydroxyl groups is 1. The molecule has 42 heavy (non-hydrogen) atoms. The van der Waals surface area contributed by atoms with Crippen molar-refractivity contribution in [3.05, 3.63) is 82.9 Å². The van der Waals surface area contributed by atoms with Gasteiger partial charge in [-0.1, -0.05) is 35.6 Å². The van der Waals surface area contributed by atoms with Gasteiger partial charge in [0.2, 0.25) is 5.95 Å². The number of nitrogens with one attached hydrogen (secondary N) is 2. The van der Waals surface area contributed by atoms with Gasteiger partial charge in [-0.3, -0.25) is 9.88 Å². The lowest BCUT2D eigenvalue weighted by Crippen LogP contribution is -2.37. The number of hydrogen-bond acceptors (Lipinski definition) is 8. The molecule has 0 aliphatic carbocycles. The molecule has 3 heterocycles. The molecule has 1 saturated heterocycles. The number of aromatic nitrogens is 3. The molecule has 4 N–H and O–H groups in total. The van der Waals surface area contributed by atoms with E-state index in [0.717, 1.165) is 85.2 Å². The molecule has 0 radical (unpaired) electrons. The summed E-state index contributed by atoms with van der Waals surface area (Å²) < 4.78 is 7.55. The molecule has 0 unspecified atom stereocenters. The molecule has 1 fully saturated rings. The number of morpholine rings is 1. The van der Waals surface area contributed by atoms with Crippen LogP contribution in [0.25, 0.3) is 11.0 Å². The maximum atomic E-state index is 10.5. The van der Waals surface area contributed by atoms with E-state index in [4.69, 9.17) is 14.8 Å². The quantitative estimate of drug-likeness (QED) is 0.146. The lowest BCUT2D eigenvalue weighted by atomic mass is 10.2. The second-order valence-electron chi connectivity index (χ2n) is 10.3. The molecule has 1 aliphatic heterocycles. The van der Waals surface area contributed by atoms with Gasteiger partial charge in [-0.15, -0.1) is 0 Å². The molecule has 0 bridgehead atoms. The van der Waals surface area contributed by atoms with Crippen LogP contribution < -0.4 is 10.6 Å². The molecule has 3 aromatic rings. The minimum Gasteiger partial charge on any atom is -0.506 e. The number of hydrogen-bond donors (Lipinski definition) is 4. The Balaban J connectivity index is 1.54. The van der Waals surface area contributed by atoms with Crippen molar-refractivity contribution in [3.8, 4) is 17.6 Å². The predicted octanol–water partition coefficient (Wildman–Crippen LogP) is 4.12. The Morgan fingerprint density at radius 1 is 1.14 bits per heavy atom. The molecule has 9 nitrogen and oxygen atoms in total. The molecular formula is C33H42N6O3. The summed E-state index contributed by atoms with van der Waals surface area (Å²) in [6.07, 6.45) is 8.80. The van der Waals surface area contributed by atoms with E-state index in [1.807, 2.05) is 51.3 Å². The number of imidazole rings is 1. The van der Waals surface area contributed by atoms with Crippen molar-refractivity contribution in [2.24, 2.45) is 0 Å². The third kappa shape index (κ3) is 8.95. The van der Waals surface area contributed by atoms with Crippen LogP contribution in [-0.4, -0.2) is 75.6 Å². The van der Waals surface area contributed by atoms with E-state index in [2.05, 4.69) is 49.1 Å². The number of aliphatic hydroxyl groups excluding tert-OH is 1. The van der Waals surface area contributed by atoms with Crippen LogP contribution in [0.1, 0.15) is 37.2 Å². The molecular weight excluding hydrogens is 528 g/mol. The van der Waals surface area contributed by atoms with Crippen LogP contribution in [0.3, 0.4) is 0 Å². The molecule has 222 valence electrons. The molecule has 0 atom stereocenters. The Hall–Kier alpha value is -4.10. The van der Waals surface area contributed by atoms with E-state index in [9.17, 15) is 5.11 Å². The SMILES string of the molecule is C\C=C(C)/C=C\C(C#CCO)=C\NCc1ccc2nc(NCCCN3CCOCC3)n(Cc3nc(C)ccc3O)c2c1. The van der Waals surface area contributed by atoms with Gasteiger partial charge in [-0.25, -0.2) is 4.98 Å². The fourth-order valence-corrected chi connectivity index (χ4v) is 4.63. The van der Waals surface area contributed by atoms with Crippen molar-refractivity contribution in [3.63, 3.8) is 0 Å². The smallest absolute Gasteiger partial charge is 0.204 e. The van der Waals surface area contributed by atoms with E-state index >= 15 is 0 Å². The van der Waals surface area contributed by atoms with Crippen LogP contribution in [0, 0.1) is 18.8 Å². The average molecular weight is 571 g/mol. The van der Waals surface area contributed by atoms with Gasteiger partial charge in [0.25, 0.3) is 0 Å². The molecule has 0 spiro atoms. The molecule has 4 rings (SSSR count). The van der Waals surface area contributed by atoms with Gasteiger partial charge in [-0.2, -0.15) is 0 Å². The number of aryl methyl sites for hydroxylation is 1. The fraction of sp³-hybridized carbons (Fsp3) is 0.394. The Kier molecular flexibility index (Phi) is 11.6. The zero-order valence-electron chi connectivity index (χ0n) is 24.9. The van der Waals surface area contributed by atoms with E-state index in [1.54, 1.807) is 12.1 Å². The molecule has 1 aliphatic rings. The Morgan fingerprint density at radius 2 is 1.98 bits per heavy atom. The van der Waals surface area contributed by atoms with Gasteiger partial charge < -0.3 is 30.2 Å². The number of rotatable bonds is 12. The average Bonchev–Trinajstić information content (AvgIpc) is 3.34. The normalized spacial score (nSPS) is 14.8. The van der Waals surface area contributed by atoms with Crippen molar-refractivity contribution in [1.82, 2.24) is 24.8 Å². The van der Waals surface area contributed by atoms with E-state index in [0.29, 0.717) is 18.8 Å². The first-order valence-electron chi connectivity index (χ1n) is 14.5. The first-order chi connectivity index (χ1) is 20.5. The summed E-state index contributed by atoms with van der Waals surface area (Å²) in [7, 11) is 0. The number of nitrogens with zero attached hydrogens (tertiary/aromatic N) is 4. The highest BCUT2D eigenvalue weighted by atomic mass is 16.5. The summed E-state index contributed by atoms with van der Waals surface area (Å²) in [4.78, 5) is 11.9. The molecule has 1 aromatic carbocycles. The number of pyridine rings is 1. The zero-order valence-corrected chi connectivity index (χ0v) is 24.9. The lowest BCUT2D eigenvalue weighted by Gasteiger charge is -2.26. The molecule has 9 heteroatoms. The standard InChI is InChI=1S/C33H42N6O3/c1-4-25(2)8-10-27(7-5-18-40)22-34-23-28-11-12-29-31(21-28)39(24-30-32(41)13-9-26(3)36-30)33(37-29)35-14-6-15-38-16-19-42-20-17-38/h4,8-13,21-22,34,40-41H,6,14-20,23-24H2,1-3H3,(H,35,37)/b10-8-,25-4-,27-22+. The van der Waals surface area contributed by atoms with Gasteiger partial charge >= 0.3 is 0 Å². The Labute approximate surface area is 248 Å². The van der Waals surface area contributed by atoms with Crippen molar-refractivity contribution in [2.45, 2.75) is 40.3 Å². The largest absolute Gasteiger partial charge is 0.506 e. The van der Waals surface area contributed by atoms with E-state index < -0.39 is 0 Å². The van der Waals surface area contributed by atoms with Crippen molar-refractivity contribution < 1.29 is 14.9 Å². The second-order valence-corrected chi connectivity index (χ2v) is 10.3. The summed E-state index contributed by atoms with van der Waals surface area (Å²) in [6.45, 7) is 12.1. The van der Waals surface area contributed by atoms with E-state index in [1.165, 1.54) is 0 Å². The number of anilines is 1. The van der Waals surface area contributed by atoms with Gasteiger partial charge in [0.05, 0.1) is 30.8 Å². The number of benzene rings is 1. The summed E-state index contributed by atoms with van der Waals surface area (Å²) >= 11 is 0. The summed E-state index contributed by atoms with van der Waals surface area (Å²) in [6, 6.07) is 9.70. The van der Waals surface area contributed by atoms with Crippen LogP contribution in [-0.2, 0) is 17.8 Å². The number of ether oxygens (including phenoxy) is 1. The second kappa shape index (κ2) is 15.8. The minimum absolute atomic E-state index is 0.168. The highest BCUT2D eigenvalue weighted by molar-refractivity contribution is 5.79. The topological polar surface area (TPSA) is 108 Å².